The fourth-order valence-corrected chi connectivity index (χ4v) is 7.18. The summed E-state index contributed by atoms with van der Waals surface area (Å²) in [5.74, 6) is -0.207. The van der Waals surface area contributed by atoms with Crippen LogP contribution < -0.4 is 5.32 Å². The van der Waals surface area contributed by atoms with Gasteiger partial charge in [0.15, 0.2) is 0 Å². The highest BCUT2D eigenvalue weighted by Crippen LogP contribution is 2.58. The zero-order chi connectivity index (χ0) is 32.2. The molecule has 6 aromatic rings. The van der Waals surface area contributed by atoms with E-state index in [0.29, 0.717) is 0 Å². The van der Waals surface area contributed by atoms with Crippen LogP contribution in [0.15, 0.2) is 170 Å². The van der Waals surface area contributed by atoms with Gasteiger partial charge < -0.3 is 5.32 Å². The summed E-state index contributed by atoms with van der Waals surface area (Å²) in [6.07, 6.45) is 6.91. The maximum absolute atomic E-state index is 13.4. The summed E-state index contributed by atoms with van der Waals surface area (Å²) >= 11 is 0. The molecule has 0 bridgehead atoms. The van der Waals surface area contributed by atoms with Crippen molar-refractivity contribution >= 4 is 11.4 Å². The van der Waals surface area contributed by atoms with Crippen molar-refractivity contribution in [2.45, 2.75) is 31.6 Å². The fourth-order valence-electron chi connectivity index (χ4n) is 7.18. The van der Waals surface area contributed by atoms with E-state index < -0.39 is 5.41 Å². The predicted octanol–water partition coefficient (Wildman–Crippen LogP) is 12.1. The second kappa shape index (κ2) is 13.1. The second-order valence-electron chi connectivity index (χ2n) is 12.3. The Labute approximate surface area is 277 Å². The first-order valence-electron chi connectivity index (χ1n) is 16.4. The highest BCUT2D eigenvalue weighted by atomic mass is 19.1. The third-order valence-corrected chi connectivity index (χ3v) is 9.42. The molecule has 0 amide bonds. The number of hydrogen-bond donors (Lipinski definition) is 1. The highest BCUT2D eigenvalue weighted by molar-refractivity contribution is 5.90. The smallest absolute Gasteiger partial charge is 0.123 e. The Bertz CT molecular complexity index is 2060. The van der Waals surface area contributed by atoms with E-state index >= 15 is 0 Å². The van der Waals surface area contributed by atoms with Crippen molar-refractivity contribution in [2.24, 2.45) is 0 Å². The lowest BCUT2D eigenvalue weighted by molar-refractivity contribution is 0.627. The third kappa shape index (κ3) is 5.72. The summed E-state index contributed by atoms with van der Waals surface area (Å²) in [6, 6.07) is 50.4. The minimum atomic E-state index is -0.551. The van der Waals surface area contributed by atoms with E-state index in [0.717, 1.165) is 41.8 Å². The number of anilines is 2. The molecule has 0 aliphatic heterocycles. The van der Waals surface area contributed by atoms with Gasteiger partial charge in [-0.25, -0.2) is 4.39 Å². The van der Waals surface area contributed by atoms with Gasteiger partial charge in [0.25, 0.3) is 0 Å². The van der Waals surface area contributed by atoms with Crippen LogP contribution in [0.1, 0.15) is 47.6 Å². The number of benzene rings is 6. The number of rotatable bonds is 10. The number of nitrogens with one attached hydrogen (secondary N) is 1. The van der Waals surface area contributed by atoms with Crippen LogP contribution in [0.2, 0.25) is 0 Å². The lowest BCUT2D eigenvalue weighted by Gasteiger charge is -2.37. The van der Waals surface area contributed by atoms with Crippen LogP contribution in [0, 0.1) is 5.82 Å². The van der Waals surface area contributed by atoms with E-state index in [2.05, 4.69) is 140 Å². The van der Waals surface area contributed by atoms with E-state index in [1.165, 1.54) is 56.6 Å². The maximum Gasteiger partial charge on any atom is 0.123 e. The van der Waals surface area contributed by atoms with Gasteiger partial charge in [0.1, 0.15) is 5.82 Å². The molecule has 0 saturated heterocycles. The van der Waals surface area contributed by atoms with Crippen LogP contribution in [-0.2, 0) is 11.8 Å². The summed E-state index contributed by atoms with van der Waals surface area (Å²) < 4.78 is 13.4. The molecule has 1 unspecified atom stereocenters. The first-order chi connectivity index (χ1) is 23.1. The molecule has 7 rings (SSSR count). The quantitative estimate of drug-likeness (QED) is 0.152. The van der Waals surface area contributed by atoms with E-state index in [9.17, 15) is 4.39 Å². The molecule has 1 nitrogen and oxygen atoms in total. The Balaban J connectivity index is 1.37. The molecule has 0 fully saturated rings. The van der Waals surface area contributed by atoms with Gasteiger partial charge in [-0.05, 0) is 113 Å². The number of halogens is 1. The summed E-state index contributed by atoms with van der Waals surface area (Å²) in [6.45, 7) is 6.96. The predicted molar refractivity (Wildman–Crippen MR) is 196 cm³/mol. The first kappa shape index (κ1) is 30.2. The fraction of sp³-hybridized carbons (Fsp3) is 0.111. The van der Waals surface area contributed by atoms with Gasteiger partial charge in [-0.2, -0.15) is 0 Å². The number of allylic oxidation sites excluding steroid dienone is 3. The van der Waals surface area contributed by atoms with Crippen LogP contribution in [0.3, 0.4) is 0 Å². The lowest BCUT2D eigenvalue weighted by atomic mass is 9.65. The average Bonchev–Trinajstić information content (AvgIpc) is 3.41. The molecule has 1 aliphatic rings. The average molecular weight is 612 g/mol. The topological polar surface area (TPSA) is 12.0 Å². The number of para-hydroxylation sites is 2. The number of fused-ring (bicyclic) bond motifs is 3. The molecule has 2 heteroatoms. The van der Waals surface area contributed by atoms with Crippen molar-refractivity contribution in [3.8, 4) is 22.3 Å². The zero-order valence-electron chi connectivity index (χ0n) is 26.7. The standard InChI is InChI=1S/C45H38FN/c1-3-4-6-13-32(2)45(42-18-11-12-19-44(42)47-38-14-7-5-8-15-38)41-17-10-9-16-39(41)40-29-26-36(31-43(40)45)35-24-20-33(21-25-35)30-34-22-27-37(46)28-23-34/h3-5,7-12,14-29,31,47H,2,6,13,30H2,1H3/b4-3-. The second-order valence-corrected chi connectivity index (χ2v) is 12.3. The molecular weight excluding hydrogens is 574 g/mol. The van der Waals surface area contributed by atoms with Crippen molar-refractivity contribution in [3.63, 3.8) is 0 Å². The normalized spacial score (nSPS) is 14.9. The molecule has 230 valence electrons. The minimum Gasteiger partial charge on any atom is -0.355 e. The van der Waals surface area contributed by atoms with Crippen molar-refractivity contribution in [3.05, 3.63) is 204 Å². The van der Waals surface area contributed by atoms with E-state index in [-0.39, 0.29) is 5.82 Å². The van der Waals surface area contributed by atoms with Crippen LogP contribution in [0.25, 0.3) is 22.3 Å². The zero-order valence-corrected chi connectivity index (χ0v) is 26.7. The summed E-state index contributed by atoms with van der Waals surface area (Å²) in [4.78, 5) is 0. The monoisotopic (exact) mass is 611 g/mol. The maximum atomic E-state index is 13.4. The van der Waals surface area contributed by atoms with Gasteiger partial charge in [0.2, 0.25) is 0 Å². The van der Waals surface area contributed by atoms with Crippen LogP contribution in [-0.4, -0.2) is 0 Å². The van der Waals surface area contributed by atoms with Crippen LogP contribution >= 0.6 is 0 Å². The summed E-state index contributed by atoms with van der Waals surface area (Å²) in [5, 5.41) is 3.76. The Hall–Kier alpha value is -5.47. The molecule has 0 heterocycles. The SMILES string of the molecule is C=C(CC/C=C\C)C1(c2ccccc2Nc2ccccc2)c2ccccc2-c2ccc(-c3ccc(Cc4ccc(F)cc4)cc3)cc21. The van der Waals surface area contributed by atoms with Crippen molar-refractivity contribution < 1.29 is 4.39 Å². The van der Waals surface area contributed by atoms with E-state index in [1.54, 1.807) is 0 Å². The Kier molecular flexibility index (Phi) is 8.42. The van der Waals surface area contributed by atoms with Crippen LogP contribution in [0.5, 0.6) is 0 Å². The molecular formula is C45H38FN. The molecule has 0 radical (unpaired) electrons. The Morgan fingerprint density at radius 1 is 0.660 bits per heavy atom. The van der Waals surface area contributed by atoms with E-state index in [4.69, 9.17) is 6.58 Å². The van der Waals surface area contributed by atoms with Crippen molar-refractivity contribution in [1.29, 1.82) is 0 Å². The molecule has 0 saturated carbocycles. The van der Waals surface area contributed by atoms with Crippen LogP contribution in [0.4, 0.5) is 15.8 Å². The first-order valence-corrected chi connectivity index (χ1v) is 16.4. The van der Waals surface area contributed by atoms with Crippen molar-refractivity contribution in [2.75, 3.05) is 5.32 Å². The number of hydrogen-bond acceptors (Lipinski definition) is 1. The van der Waals surface area contributed by atoms with E-state index in [1.807, 2.05) is 18.2 Å². The molecule has 1 aliphatic carbocycles. The summed E-state index contributed by atoms with van der Waals surface area (Å²) in [7, 11) is 0. The van der Waals surface area contributed by atoms with Gasteiger partial charge in [-0.1, -0.05) is 133 Å². The Morgan fingerprint density at radius 2 is 1.28 bits per heavy atom. The molecule has 0 aromatic heterocycles. The molecule has 1 atom stereocenters. The molecule has 1 N–H and O–H groups in total. The van der Waals surface area contributed by atoms with Gasteiger partial charge in [-0.15, -0.1) is 0 Å². The Morgan fingerprint density at radius 3 is 2.02 bits per heavy atom. The minimum absolute atomic E-state index is 0.207. The molecule has 47 heavy (non-hydrogen) atoms. The highest BCUT2D eigenvalue weighted by Gasteiger charge is 2.47. The van der Waals surface area contributed by atoms with Gasteiger partial charge in [0.05, 0.1) is 5.41 Å². The molecule has 6 aromatic carbocycles. The van der Waals surface area contributed by atoms with Gasteiger partial charge >= 0.3 is 0 Å². The largest absolute Gasteiger partial charge is 0.355 e. The third-order valence-electron chi connectivity index (χ3n) is 9.42. The van der Waals surface area contributed by atoms with Crippen molar-refractivity contribution in [1.82, 2.24) is 0 Å². The summed E-state index contributed by atoms with van der Waals surface area (Å²) in [5.41, 5.74) is 13.6. The van der Waals surface area contributed by atoms with Gasteiger partial charge in [-0.3, -0.25) is 0 Å². The van der Waals surface area contributed by atoms with Gasteiger partial charge in [0, 0.05) is 11.4 Å². The molecule has 0 spiro atoms. The lowest BCUT2D eigenvalue weighted by Crippen LogP contribution is -2.30.